The molecule has 0 aliphatic heterocycles. The van der Waals surface area contributed by atoms with Crippen molar-refractivity contribution in [2.45, 2.75) is 25.5 Å². The van der Waals surface area contributed by atoms with Crippen molar-refractivity contribution in [3.63, 3.8) is 0 Å². The van der Waals surface area contributed by atoms with E-state index in [1.165, 1.54) is 5.56 Å². The highest BCUT2D eigenvalue weighted by Gasteiger charge is 2.18. The minimum Gasteiger partial charge on any atom is -0.341 e. The molecular formula is C11H14N2S. The third kappa shape index (κ3) is 1.64. The van der Waals surface area contributed by atoms with Crippen molar-refractivity contribution in [1.29, 1.82) is 0 Å². The van der Waals surface area contributed by atoms with E-state index in [-0.39, 0.29) is 4.75 Å². The molecule has 1 aromatic carbocycles. The quantitative estimate of drug-likeness (QED) is 0.690. The Kier molecular flexibility index (Phi) is 2.07. The van der Waals surface area contributed by atoms with Crippen molar-refractivity contribution in [2.75, 3.05) is 0 Å². The Morgan fingerprint density at radius 2 is 2.07 bits per heavy atom. The van der Waals surface area contributed by atoms with Crippen LogP contribution in [0.4, 0.5) is 0 Å². The van der Waals surface area contributed by atoms with Gasteiger partial charge in [0.2, 0.25) is 0 Å². The molecule has 14 heavy (non-hydrogen) atoms. The Labute approximate surface area is 89.2 Å². The van der Waals surface area contributed by atoms with E-state index in [0.29, 0.717) is 0 Å². The first-order valence-corrected chi connectivity index (χ1v) is 5.11. The monoisotopic (exact) mass is 206 g/mol. The zero-order valence-electron chi connectivity index (χ0n) is 8.63. The van der Waals surface area contributed by atoms with Gasteiger partial charge in [-0.25, -0.2) is 4.98 Å². The fraction of sp³-hybridized carbons (Fsp3) is 0.364. The number of imidazole rings is 1. The number of aromatic nitrogens is 2. The largest absolute Gasteiger partial charge is 0.341 e. The molecule has 2 nitrogen and oxygen atoms in total. The van der Waals surface area contributed by atoms with E-state index < -0.39 is 0 Å². The van der Waals surface area contributed by atoms with Gasteiger partial charge in [0.25, 0.3) is 0 Å². The van der Waals surface area contributed by atoms with Crippen LogP contribution in [0.5, 0.6) is 0 Å². The standard InChI is InChI=1S/C11H14N2S/c1-7-4-5-8-9(6-7)13-10(12-8)11(2,3)14/h4-6,14H,1-3H3,(H,12,13). The van der Waals surface area contributed by atoms with Crippen LogP contribution in [0.1, 0.15) is 25.2 Å². The second-order valence-corrected chi connectivity index (χ2v) is 5.28. The van der Waals surface area contributed by atoms with Crippen LogP contribution in [-0.4, -0.2) is 9.97 Å². The number of thiol groups is 1. The highest BCUT2D eigenvalue weighted by molar-refractivity contribution is 7.81. The SMILES string of the molecule is Cc1ccc2nc(C(C)(C)S)[nH]c2c1. The minimum atomic E-state index is -0.215. The van der Waals surface area contributed by atoms with Gasteiger partial charge in [0.15, 0.2) is 0 Å². The third-order valence-electron chi connectivity index (χ3n) is 2.22. The zero-order chi connectivity index (χ0) is 10.3. The van der Waals surface area contributed by atoms with Crippen LogP contribution in [-0.2, 0) is 4.75 Å². The molecule has 0 atom stereocenters. The van der Waals surface area contributed by atoms with E-state index in [4.69, 9.17) is 0 Å². The molecule has 3 heteroatoms. The summed E-state index contributed by atoms with van der Waals surface area (Å²) in [5.41, 5.74) is 3.33. The first kappa shape index (κ1) is 9.59. The molecular weight excluding hydrogens is 192 g/mol. The highest BCUT2D eigenvalue weighted by Crippen LogP contribution is 2.26. The lowest BCUT2D eigenvalue weighted by Gasteiger charge is -2.12. The number of hydrogen-bond donors (Lipinski definition) is 2. The molecule has 0 saturated carbocycles. The predicted molar refractivity (Wildman–Crippen MR) is 62.8 cm³/mol. The highest BCUT2D eigenvalue weighted by atomic mass is 32.1. The van der Waals surface area contributed by atoms with Crippen molar-refractivity contribution in [3.8, 4) is 0 Å². The number of aryl methyl sites for hydroxylation is 1. The summed E-state index contributed by atoms with van der Waals surface area (Å²) in [6, 6.07) is 6.20. The average Bonchev–Trinajstić information content (AvgIpc) is 2.45. The lowest BCUT2D eigenvalue weighted by Crippen LogP contribution is -2.09. The number of benzene rings is 1. The van der Waals surface area contributed by atoms with Gasteiger partial charge in [-0.2, -0.15) is 12.6 Å². The summed E-state index contributed by atoms with van der Waals surface area (Å²) >= 11 is 4.49. The maximum absolute atomic E-state index is 4.49. The van der Waals surface area contributed by atoms with Gasteiger partial charge in [0.1, 0.15) is 5.82 Å². The Bertz CT molecular complexity index is 466. The van der Waals surface area contributed by atoms with E-state index >= 15 is 0 Å². The second-order valence-electron chi connectivity index (χ2n) is 4.17. The zero-order valence-corrected chi connectivity index (χ0v) is 9.52. The summed E-state index contributed by atoms with van der Waals surface area (Å²) < 4.78 is -0.215. The van der Waals surface area contributed by atoms with Crippen LogP contribution in [0.2, 0.25) is 0 Å². The average molecular weight is 206 g/mol. The summed E-state index contributed by atoms with van der Waals surface area (Å²) in [4.78, 5) is 7.78. The van der Waals surface area contributed by atoms with Crippen molar-refractivity contribution in [1.82, 2.24) is 9.97 Å². The van der Waals surface area contributed by atoms with Crippen LogP contribution >= 0.6 is 12.6 Å². The topological polar surface area (TPSA) is 28.7 Å². The Balaban J connectivity index is 2.63. The molecule has 1 aromatic heterocycles. The van der Waals surface area contributed by atoms with Gasteiger partial charge < -0.3 is 4.98 Å². The molecule has 0 fully saturated rings. The molecule has 0 bridgehead atoms. The molecule has 74 valence electrons. The predicted octanol–water partition coefficient (Wildman–Crippen LogP) is 3.04. The van der Waals surface area contributed by atoms with Crippen molar-refractivity contribution in [2.24, 2.45) is 0 Å². The molecule has 1 N–H and O–H groups in total. The molecule has 0 spiro atoms. The molecule has 2 rings (SSSR count). The molecule has 0 aliphatic carbocycles. The Morgan fingerprint density at radius 3 is 2.71 bits per heavy atom. The van der Waals surface area contributed by atoms with Gasteiger partial charge >= 0.3 is 0 Å². The molecule has 0 aliphatic rings. The molecule has 2 aromatic rings. The number of nitrogens with one attached hydrogen (secondary N) is 1. The summed E-state index contributed by atoms with van der Waals surface area (Å²) in [5.74, 6) is 0.918. The minimum absolute atomic E-state index is 0.215. The van der Waals surface area contributed by atoms with Crippen LogP contribution < -0.4 is 0 Å². The molecule has 0 amide bonds. The van der Waals surface area contributed by atoms with Crippen LogP contribution in [0.25, 0.3) is 11.0 Å². The van der Waals surface area contributed by atoms with E-state index in [1.54, 1.807) is 0 Å². The van der Waals surface area contributed by atoms with Gasteiger partial charge in [-0.1, -0.05) is 6.07 Å². The molecule has 1 heterocycles. The van der Waals surface area contributed by atoms with E-state index in [9.17, 15) is 0 Å². The number of aromatic amines is 1. The van der Waals surface area contributed by atoms with Gasteiger partial charge in [-0.15, -0.1) is 0 Å². The van der Waals surface area contributed by atoms with E-state index in [0.717, 1.165) is 16.9 Å². The summed E-state index contributed by atoms with van der Waals surface area (Å²) in [6.45, 7) is 6.13. The van der Waals surface area contributed by atoms with Crippen molar-refractivity contribution >= 4 is 23.7 Å². The van der Waals surface area contributed by atoms with E-state index in [1.807, 2.05) is 19.9 Å². The normalized spacial score (nSPS) is 12.3. The fourth-order valence-corrected chi connectivity index (χ4v) is 1.52. The van der Waals surface area contributed by atoms with Crippen LogP contribution in [0.15, 0.2) is 18.2 Å². The second kappa shape index (κ2) is 3.02. The smallest absolute Gasteiger partial charge is 0.122 e. The van der Waals surface area contributed by atoms with Gasteiger partial charge in [-0.3, -0.25) is 0 Å². The number of hydrogen-bond acceptors (Lipinski definition) is 2. The maximum atomic E-state index is 4.49. The van der Waals surface area contributed by atoms with Crippen LogP contribution in [0, 0.1) is 6.92 Å². The summed E-state index contributed by atoms with van der Waals surface area (Å²) in [5, 5.41) is 0. The first-order valence-electron chi connectivity index (χ1n) is 4.66. The molecule has 0 unspecified atom stereocenters. The first-order chi connectivity index (χ1) is 6.47. The van der Waals surface area contributed by atoms with Gasteiger partial charge in [0, 0.05) is 0 Å². The molecule has 0 saturated heterocycles. The number of nitrogens with zero attached hydrogens (tertiary/aromatic N) is 1. The lowest BCUT2D eigenvalue weighted by atomic mass is 10.2. The fourth-order valence-electron chi connectivity index (χ4n) is 1.41. The Morgan fingerprint density at radius 1 is 1.36 bits per heavy atom. The van der Waals surface area contributed by atoms with Crippen LogP contribution in [0.3, 0.4) is 0 Å². The number of fused-ring (bicyclic) bond motifs is 1. The number of H-pyrrole nitrogens is 1. The Hall–Kier alpha value is -0.960. The summed E-state index contributed by atoms with van der Waals surface area (Å²) in [6.07, 6.45) is 0. The van der Waals surface area contributed by atoms with Crippen molar-refractivity contribution in [3.05, 3.63) is 29.6 Å². The van der Waals surface area contributed by atoms with E-state index in [2.05, 4.69) is 41.7 Å². The number of rotatable bonds is 1. The lowest BCUT2D eigenvalue weighted by molar-refractivity contribution is 0.733. The maximum Gasteiger partial charge on any atom is 0.122 e. The molecule has 0 radical (unpaired) electrons. The van der Waals surface area contributed by atoms with Crippen molar-refractivity contribution < 1.29 is 0 Å². The van der Waals surface area contributed by atoms with Gasteiger partial charge in [-0.05, 0) is 38.5 Å². The summed E-state index contributed by atoms with van der Waals surface area (Å²) in [7, 11) is 0. The third-order valence-corrected chi connectivity index (χ3v) is 2.43. The van der Waals surface area contributed by atoms with Gasteiger partial charge in [0.05, 0.1) is 15.8 Å².